The number of carbonyl (C=O) groups is 1. The molecule has 1 fully saturated rings. The number of carbonyl (C=O) groups excluding carboxylic acids is 1. The number of aromatic nitrogens is 1. The van der Waals surface area contributed by atoms with Gasteiger partial charge in [-0.1, -0.05) is 19.9 Å². The van der Waals surface area contributed by atoms with Gasteiger partial charge in [0, 0.05) is 18.8 Å². The molecule has 3 heterocycles. The van der Waals surface area contributed by atoms with Gasteiger partial charge < -0.3 is 9.73 Å². The lowest BCUT2D eigenvalue weighted by atomic mass is 9.94. The lowest BCUT2D eigenvalue weighted by Crippen LogP contribution is -2.42. The first-order chi connectivity index (χ1) is 15.2. The SMILES string of the molecule is Cc1oc(-c2cccs2)nc1CC(=O)Nc1ccc(S(=O)(=O)N2CC(C)CC(C)C2)cc1. The van der Waals surface area contributed by atoms with Crippen molar-refractivity contribution in [2.45, 2.75) is 38.5 Å². The molecular weight excluding hydrogens is 446 g/mol. The molecule has 1 aromatic carbocycles. The van der Waals surface area contributed by atoms with Crippen molar-refractivity contribution in [3.8, 4) is 10.8 Å². The van der Waals surface area contributed by atoms with Crippen LogP contribution in [0.4, 0.5) is 5.69 Å². The number of thiophene rings is 1. The molecule has 3 aromatic rings. The van der Waals surface area contributed by atoms with Crippen LogP contribution in [0.2, 0.25) is 0 Å². The standard InChI is InChI=1S/C23H27N3O4S2/c1-15-11-16(2)14-26(13-15)32(28,29)19-8-6-18(7-9-19)24-22(27)12-20-17(3)30-23(25-20)21-5-4-10-31-21/h4-10,15-16H,11-14H2,1-3H3,(H,24,27). The van der Waals surface area contributed by atoms with Gasteiger partial charge in [-0.25, -0.2) is 13.4 Å². The predicted molar refractivity (Wildman–Crippen MR) is 125 cm³/mol. The molecule has 9 heteroatoms. The summed E-state index contributed by atoms with van der Waals surface area (Å²) in [5, 5.41) is 4.75. The molecule has 1 aliphatic heterocycles. The quantitative estimate of drug-likeness (QED) is 0.567. The van der Waals surface area contributed by atoms with Gasteiger partial charge in [-0.05, 0) is 60.9 Å². The molecule has 2 aromatic heterocycles. The van der Waals surface area contributed by atoms with E-state index in [1.807, 2.05) is 17.5 Å². The van der Waals surface area contributed by atoms with Crippen molar-refractivity contribution in [1.82, 2.24) is 9.29 Å². The largest absolute Gasteiger partial charge is 0.440 e. The predicted octanol–water partition coefficient (Wildman–Crippen LogP) is 4.56. The Labute approximate surface area is 192 Å². The Morgan fingerprint density at radius 1 is 1.19 bits per heavy atom. The first kappa shape index (κ1) is 22.7. The average molecular weight is 474 g/mol. The molecule has 0 aliphatic carbocycles. The molecule has 0 saturated carbocycles. The molecule has 32 heavy (non-hydrogen) atoms. The number of amides is 1. The number of aryl methyl sites for hydroxylation is 1. The Kier molecular flexibility index (Phi) is 6.50. The monoisotopic (exact) mass is 473 g/mol. The van der Waals surface area contributed by atoms with E-state index in [-0.39, 0.29) is 17.2 Å². The first-order valence-electron chi connectivity index (χ1n) is 10.6. The number of nitrogens with zero attached hydrogens (tertiary/aromatic N) is 2. The van der Waals surface area contributed by atoms with Crippen molar-refractivity contribution in [2.75, 3.05) is 18.4 Å². The number of nitrogens with one attached hydrogen (secondary N) is 1. The van der Waals surface area contributed by atoms with Crippen LogP contribution in [-0.4, -0.2) is 36.7 Å². The van der Waals surface area contributed by atoms with E-state index in [4.69, 9.17) is 4.42 Å². The van der Waals surface area contributed by atoms with Crippen molar-refractivity contribution in [2.24, 2.45) is 11.8 Å². The van der Waals surface area contributed by atoms with Crippen LogP contribution in [-0.2, 0) is 21.2 Å². The summed E-state index contributed by atoms with van der Waals surface area (Å²) in [6.45, 7) is 7.02. The van der Waals surface area contributed by atoms with Crippen LogP contribution in [0.25, 0.3) is 10.8 Å². The van der Waals surface area contributed by atoms with Gasteiger partial charge in [-0.3, -0.25) is 4.79 Å². The van der Waals surface area contributed by atoms with Crippen molar-refractivity contribution >= 4 is 33.0 Å². The summed E-state index contributed by atoms with van der Waals surface area (Å²) < 4.78 is 33.3. The minimum absolute atomic E-state index is 0.0737. The molecule has 1 aliphatic rings. The Morgan fingerprint density at radius 2 is 1.88 bits per heavy atom. The molecule has 0 radical (unpaired) electrons. The van der Waals surface area contributed by atoms with E-state index in [9.17, 15) is 13.2 Å². The average Bonchev–Trinajstić information content (AvgIpc) is 3.38. The summed E-state index contributed by atoms with van der Waals surface area (Å²) in [7, 11) is -3.55. The third kappa shape index (κ3) is 4.95. The van der Waals surface area contributed by atoms with Gasteiger partial charge >= 0.3 is 0 Å². The summed E-state index contributed by atoms with van der Waals surface area (Å²) in [4.78, 5) is 18.1. The molecule has 7 nitrogen and oxygen atoms in total. The van der Waals surface area contributed by atoms with Crippen molar-refractivity contribution in [3.63, 3.8) is 0 Å². The molecular formula is C23H27N3O4S2. The zero-order chi connectivity index (χ0) is 22.9. The van der Waals surface area contributed by atoms with E-state index in [0.29, 0.717) is 48.0 Å². The van der Waals surface area contributed by atoms with E-state index in [2.05, 4.69) is 24.1 Å². The van der Waals surface area contributed by atoms with E-state index in [1.54, 1.807) is 35.5 Å². The molecule has 1 amide bonds. The van der Waals surface area contributed by atoms with E-state index in [0.717, 1.165) is 11.3 Å². The molecule has 2 unspecified atom stereocenters. The molecule has 0 bridgehead atoms. The third-order valence-corrected chi connectivity index (χ3v) is 8.27. The maximum atomic E-state index is 13.0. The highest BCUT2D eigenvalue weighted by Gasteiger charge is 2.31. The zero-order valence-electron chi connectivity index (χ0n) is 18.4. The van der Waals surface area contributed by atoms with Crippen LogP contribution in [0.5, 0.6) is 0 Å². The molecule has 1 saturated heterocycles. The zero-order valence-corrected chi connectivity index (χ0v) is 20.0. The Balaban J connectivity index is 1.41. The van der Waals surface area contributed by atoms with Crippen LogP contribution in [0.15, 0.2) is 51.1 Å². The van der Waals surface area contributed by atoms with E-state index < -0.39 is 10.0 Å². The third-order valence-electron chi connectivity index (χ3n) is 5.56. The summed E-state index contributed by atoms with van der Waals surface area (Å²) in [5.74, 6) is 1.56. The van der Waals surface area contributed by atoms with Gasteiger partial charge in [-0.15, -0.1) is 11.3 Å². The van der Waals surface area contributed by atoms with E-state index >= 15 is 0 Å². The van der Waals surface area contributed by atoms with Crippen molar-refractivity contribution in [3.05, 3.63) is 53.2 Å². The van der Waals surface area contributed by atoms with Crippen LogP contribution in [0.3, 0.4) is 0 Å². The van der Waals surface area contributed by atoms with Gasteiger partial charge in [0.2, 0.25) is 21.8 Å². The molecule has 0 spiro atoms. The second-order valence-electron chi connectivity index (χ2n) is 8.52. The molecule has 1 N–H and O–H groups in total. The molecule has 4 rings (SSSR count). The van der Waals surface area contributed by atoms with Crippen molar-refractivity contribution < 1.29 is 17.6 Å². The normalized spacial score (nSPS) is 19.7. The van der Waals surface area contributed by atoms with E-state index in [1.165, 1.54) is 11.3 Å². The molecule has 2 atom stereocenters. The lowest BCUT2D eigenvalue weighted by molar-refractivity contribution is -0.115. The van der Waals surface area contributed by atoms with Crippen LogP contribution in [0, 0.1) is 18.8 Å². The smallest absolute Gasteiger partial charge is 0.243 e. The van der Waals surface area contributed by atoms with Gasteiger partial charge in [0.05, 0.1) is 21.9 Å². The minimum atomic E-state index is -3.55. The highest BCUT2D eigenvalue weighted by atomic mass is 32.2. The summed E-state index contributed by atoms with van der Waals surface area (Å²) >= 11 is 1.52. The Hall–Kier alpha value is -2.49. The van der Waals surface area contributed by atoms with Gasteiger partial charge in [0.25, 0.3) is 0 Å². The second kappa shape index (κ2) is 9.17. The minimum Gasteiger partial charge on any atom is -0.440 e. The number of benzene rings is 1. The maximum Gasteiger partial charge on any atom is 0.243 e. The topological polar surface area (TPSA) is 92.5 Å². The Morgan fingerprint density at radius 3 is 2.50 bits per heavy atom. The van der Waals surface area contributed by atoms with Crippen molar-refractivity contribution in [1.29, 1.82) is 0 Å². The first-order valence-corrected chi connectivity index (χ1v) is 12.9. The summed E-state index contributed by atoms with van der Waals surface area (Å²) in [5.41, 5.74) is 1.12. The highest BCUT2D eigenvalue weighted by molar-refractivity contribution is 7.89. The lowest BCUT2D eigenvalue weighted by Gasteiger charge is -2.34. The van der Waals surface area contributed by atoms with Crippen LogP contribution < -0.4 is 5.32 Å². The van der Waals surface area contributed by atoms with Gasteiger partial charge in [0.1, 0.15) is 5.76 Å². The number of anilines is 1. The number of oxazole rings is 1. The number of hydrogen-bond acceptors (Lipinski definition) is 6. The highest BCUT2D eigenvalue weighted by Crippen LogP contribution is 2.28. The van der Waals surface area contributed by atoms with Gasteiger partial charge in [-0.2, -0.15) is 4.31 Å². The Bertz CT molecular complexity index is 1170. The second-order valence-corrected chi connectivity index (χ2v) is 11.4. The summed E-state index contributed by atoms with van der Waals surface area (Å²) in [6, 6.07) is 10.2. The number of sulfonamides is 1. The maximum absolute atomic E-state index is 13.0. The number of hydrogen-bond donors (Lipinski definition) is 1. The fourth-order valence-corrected chi connectivity index (χ4v) is 6.44. The summed E-state index contributed by atoms with van der Waals surface area (Å²) in [6.07, 6.45) is 1.11. The fourth-order valence-electron chi connectivity index (χ4n) is 4.12. The fraction of sp³-hybridized carbons (Fsp3) is 0.391. The van der Waals surface area contributed by atoms with Gasteiger partial charge in [0.15, 0.2) is 0 Å². The molecule has 170 valence electrons. The van der Waals surface area contributed by atoms with Crippen LogP contribution in [0.1, 0.15) is 31.7 Å². The number of piperidine rings is 1. The number of rotatable bonds is 6. The van der Waals surface area contributed by atoms with Crippen LogP contribution >= 0.6 is 11.3 Å².